The van der Waals surface area contributed by atoms with Gasteiger partial charge in [0.15, 0.2) is 11.6 Å². The number of nitrogens with zero attached hydrogens (tertiary/aromatic N) is 5. The second-order valence-electron chi connectivity index (χ2n) is 5.97. The number of fused-ring (bicyclic) bond motifs is 2. The van der Waals surface area contributed by atoms with Gasteiger partial charge in [-0.2, -0.15) is 5.10 Å². The first-order chi connectivity index (χ1) is 11.1. The Morgan fingerprint density at radius 1 is 1.13 bits per heavy atom. The number of rotatable bonds is 2. The third-order valence-corrected chi connectivity index (χ3v) is 4.60. The van der Waals surface area contributed by atoms with Gasteiger partial charge in [-0.15, -0.1) is 10.2 Å². The van der Waals surface area contributed by atoms with Crippen molar-refractivity contribution in [3.63, 3.8) is 0 Å². The SMILES string of the molecule is Cc1nn(Cc2nnc3n2Cc2ccccc2OC3)c(C)c1C. The van der Waals surface area contributed by atoms with Gasteiger partial charge in [-0.25, -0.2) is 0 Å². The number of hydrogen-bond acceptors (Lipinski definition) is 4. The maximum atomic E-state index is 5.84. The molecule has 6 heteroatoms. The minimum atomic E-state index is 0.445. The highest BCUT2D eigenvalue weighted by molar-refractivity contribution is 5.35. The zero-order valence-corrected chi connectivity index (χ0v) is 13.6. The monoisotopic (exact) mass is 309 g/mol. The Hall–Kier alpha value is -2.63. The van der Waals surface area contributed by atoms with Crippen LogP contribution in [-0.2, 0) is 19.7 Å². The standard InChI is InChI=1S/C17H19N5O/c1-11-12(2)20-22(13(11)3)9-16-18-19-17-10-23-15-7-5-4-6-14(15)8-21(16)17/h4-7H,8-10H2,1-3H3. The molecular formula is C17H19N5O. The molecule has 0 aliphatic carbocycles. The lowest BCUT2D eigenvalue weighted by molar-refractivity contribution is 0.297. The van der Waals surface area contributed by atoms with Crippen LogP contribution < -0.4 is 4.74 Å². The van der Waals surface area contributed by atoms with E-state index in [1.54, 1.807) is 0 Å². The average Bonchev–Trinajstić information content (AvgIpc) is 2.96. The molecule has 0 atom stereocenters. The Kier molecular flexibility index (Phi) is 3.18. The largest absolute Gasteiger partial charge is 0.485 e. The third kappa shape index (κ3) is 2.30. The number of hydrogen-bond donors (Lipinski definition) is 0. The fourth-order valence-electron chi connectivity index (χ4n) is 2.94. The summed E-state index contributed by atoms with van der Waals surface area (Å²) in [7, 11) is 0. The molecule has 118 valence electrons. The molecule has 0 bridgehead atoms. The highest BCUT2D eigenvalue weighted by atomic mass is 16.5. The van der Waals surface area contributed by atoms with Crippen LogP contribution in [0.1, 0.15) is 34.2 Å². The molecule has 3 heterocycles. The molecule has 1 aliphatic rings. The van der Waals surface area contributed by atoms with Crippen LogP contribution in [0.2, 0.25) is 0 Å². The molecule has 0 N–H and O–H groups in total. The molecule has 0 saturated carbocycles. The quantitative estimate of drug-likeness (QED) is 0.729. The van der Waals surface area contributed by atoms with Crippen molar-refractivity contribution in [2.45, 2.75) is 40.5 Å². The number of aromatic nitrogens is 5. The highest BCUT2D eigenvalue weighted by Gasteiger charge is 2.20. The zero-order valence-electron chi connectivity index (χ0n) is 13.6. The molecule has 1 aromatic carbocycles. The average molecular weight is 309 g/mol. The van der Waals surface area contributed by atoms with Crippen molar-refractivity contribution in [2.75, 3.05) is 0 Å². The zero-order chi connectivity index (χ0) is 16.0. The topological polar surface area (TPSA) is 57.8 Å². The van der Waals surface area contributed by atoms with Gasteiger partial charge in [0.2, 0.25) is 0 Å². The van der Waals surface area contributed by atoms with Crippen molar-refractivity contribution < 1.29 is 4.74 Å². The van der Waals surface area contributed by atoms with Crippen molar-refractivity contribution in [1.82, 2.24) is 24.5 Å². The minimum Gasteiger partial charge on any atom is -0.485 e. The van der Waals surface area contributed by atoms with E-state index in [0.717, 1.165) is 35.2 Å². The Balaban J connectivity index is 1.71. The summed E-state index contributed by atoms with van der Waals surface area (Å²) in [6.07, 6.45) is 0. The van der Waals surface area contributed by atoms with Crippen LogP contribution in [0.25, 0.3) is 0 Å². The first-order valence-corrected chi connectivity index (χ1v) is 7.75. The van der Waals surface area contributed by atoms with Crippen molar-refractivity contribution in [3.05, 3.63) is 58.4 Å². The lowest BCUT2D eigenvalue weighted by Gasteiger charge is -2.09. The van der Waals surface area contributed by atoms with Gasteiger partial charge >= 0.3 is 0 Å². The molecule has 0 radical (unpaired) electrons. The first-order valence-electron chi connectivity index (χ1n) is 7.75. The second-order valence-corrected chi connectivity index (χ2v) is 5.97. The van der Waals surface area contributed by atoms with E-state index in [4.69, 9.17) is 4.74 Å². The van der Waals surface area contributed by atoms with Gasteiger partial charge in [0.25, 0.3) is 0 Å². The van der Waals surface area contributed by atoms with Crippen LogP contribution in [0.5, 0.6) is 5.75 Å². The van der Waals surface area contributed by atoms with E-state index >= 15 is 0 Å². The van der Waals surface area contributed by atoms with E-state index < -0.39 is 0 Å². The third-order valence-electron chi connectivity index (χ3n) is 4.60. The molecule has 0 unspecified atom stereocenters. The molecule has 3 aromatic rings. The number of benzene rings is 1. The maximum Gasteiger partial charge on any atom is 0.171 e. The van der Waals surface area contributed by atoms with Gasteiger partial charge in [-0.05, 0) is 32.4 Å². The lowest BCUT2D eigenvalue weighted by atomic mass is 10.2. The van der Waals surface area contributed by atoms with Gasteiger partial charge in [0.1, 0.15) is 18.9 Å². The van der Waals surface area contributed by atoms with Crippen molar-refractivity contribution in [1.29, 1.82) is 0 Å². The van der Waals surface area contributed by atoms with Gasteiger partial charge in [-0.3, -0.25) is 4.68 Å². The Morgan fingerprint density at radius 3 is 2.74 bits per heavy atom. The highest BCUT2D eigenvalue weighted by Crippen LogP contribution is 2.25. The van der Waals surface area contributed by atoms with E-state index in [9.17, 15) is 0 Å². The van der Waals surface area contributed by atoms with Crippen LogP contribution in [0.15, 0.2) is 24.3 Å². The molecule has 6 nitrogen and oxygen atoms in total. The molecule has 0 spiro atoms. The summed E-state index contributed by atoms with van der Waals surface area (Å²) >= 11 is 0. The van der Waals surface area contributed by atoms with Gasteiger partial charge in [0, 0.05) is 11.3 Å². The van der Waals surface area contributed by atoms with Crippen LogP contribution in [0.4, 0.5) is 0 Å². The summed E-state index contributed by atoms with van der Waals surface area (Å²) in [5, 5.41) is 13.3. The van der Waals surface area contributed by atoms with Crippen molar-refractivity contribution >= 4 is 0 Å². The summed E-state index contributed by atoms with van der Waals surface area (Å²) < 4.78 is 9.98. The number of para-hydroxylation sites is 1. The maximum absolute atomic E-state index is 5.84. The van der Waals surface area contributed by atoms with Crippen LogP contribution >= 0.6 is 0 Å². The number of aryl methyl sites for hydroxylation is 1. The van der Waals surface area contributed by atoms with E-state index in [0.29, 0.717) is 13.2 Å². The van der Waals surface area contributed by atoms with Crippen molar-refractivity contribution in [3.8, 4) is 5.75 Å². The molecular weight excluding hydrogens is 290 g/mol. The van der Waals surface area contributed by atoms with Crippen LogP contribution in [-0.4, -0.2) is 24.5 Å². The normalized spacial score (nSPS) is 13.2. The minimum absolute atomic E-state index is 0.445. The summed E-state index contributed by atoms with van der Waals surface area (Å²) in [6, 6.07) is 8.10. The molecule has 0 amide bonds. The lowest BCUT2D eigenvalue weighted by Crippen LogP contribution is -2.13. The second kappa shape index (κ2) is 5.22. The predicted octanol–water partition coefficient (Wildman–Crippen LogP) is 2.39. The molecule has 0 fully saturated rings. The summed E-state index contributed by atoms with van der Waals surface area (Å²) in [5.41, 5.74) is 4.61. The molecule has 4 rings (SSSR count). The van der Waals surface area contributed by atoms with Crippen molar-refractivity contribution in [2.24, 2.45) is 0 Å². The summed E-state index contributed by atoms with van der Waals surface area (Å²) in [6.45, 7) is 8.02. The Morgan fingerprint density at radius 2 is 1.96 bits per heavy atom. The molecule has 23 heavy (non-hydrogen) atoms. The smallest absolute Gasteiger partial charge is 0.171 e. The summed E-state index contributed by atoms with van der Waals surface area (Å²) in [5.74, 6) is 2.69. The van der Waals surface area contributed by atoms with Crippen LogP contribution in [0, 0.1) is 20.8 Å². The Bertz CT molecular complexity index is 877. The fraction of sp³-hybridized carbons (Fsp3) is 0.353. The van der Waals surface area contributed by atoms with Gasteiger partial charge in [-0.1, -0.05) is 18.2 Å². The molecule has 2 aromatic heterocycles. The van der Waals surface area contributed by atoms with Gasteiger partial charge < -0.3 is 9.30 Å². The fourth-order valence-corrected chi connectivity index (χ4v) is 2.94. The van der Waals surface area contributed by atoms with Gasteiger partial charge in [0.05, 0.1) is 12.2 Å². The van der Waals surface area contributed by atoms with E-state index in [1.165, 1.54) is 11.3 Å². The molecule has 1 aliphatic heterocycles. The van der Waals surface area contributed by atoms with Crippen LogP contribution in [0.3, 0.4) is 0 Å². The number of ether oxygens (including phenoxy) is 1. The van der Waals surface area contributed by atoms with E-state index in [1.807, 2.05) is 29.8 Å². The summed E-state index contributed by atoms with van der Waals surface area (Å²) in [4.78, 5) is 0. The predicted molar refractivity (Wildman–Crippen MR) is 85.4 cm³/mol. The van der Waals surface area contributed by atoms with E-state index in [-0.39, 0.29) is 0 Å². The molecule has 0 saturated heterocycles. The van der Waals surface area contributed by atoms with E-state index in [2.05, 4.69) is 39.8 Å². The first kappa shape index (κ1) is 14.0. The Labute approximate surface area is 134 Å².